The van der Waals surface area contributed by atoms with Gasteiger partial charge in [-0.2, -0.15) is 0 Å². The minimum absolute atomic E-state index is 0. The molecule has 0 bridgehead atoms. The maximum atomic E-state index is 5.73. The van der Waals surface area contributed by atoms with E-state index in [2.05, 4.69) is 35.6 Å². The van der Waals surface area contributed by atoms with Crippen LogP contribution < -0.4 is 5.32 Å². The third-order valence-corrected chi connectivity index (χ3v) is 3.67. The first-order chi connectivity index (χ1) is 8.95. The van der Waals surface area contributed by atoms with Gasteiger partial charge in [0.25, 0.3) is 0 Å². The van der Waals surface area contributed by atoms with E-state index in [0.717, 1.165) is 32.0 Å². The number of halogens is 1. The van der Waals surface area contributed by atoms with Gasteiger partial charge in [-0.3, -0.25) is 0 Å². The maximum absolute atomic E-state index is 5.73. The van der Waals surface area contributed by atoms with Gasteiger partial charge in [-0.05, 0) is 56.7 Å². The number of piperidine rings is 1. The Morgan fingerprint density at radius 2 is 2.00 bits per heavy atom. The predicted octanol–water partition coefficient (Wildman–Crippen LogP) is 3.45. The SMILES string of the molecule is Cl.c1ccc(CCCOCCC2CCCNC2)cc1. The van der Waals surface area contributed by atoms with Crippen LogP contribution in [0.1, 0.15) is 31.2 Å². The summed E-state index contributed by atoms with van der Waals surface area (Å²) in [6, 6.07) is 10.7. The topological polar surface area (TPSA) is 21.3 Å². The number of ether oxygens (including phenoxy) is 1. The van der Waals surface area contributed by atoms with Gasteiger partial charge in [-0.25, -0.2) is 0 Å². The van der Waals surface area contributed by atoms with Crippen LogP contribution in [0.15, 0.2) is 30.3 Å². The smallest absolute Gasteiger partial charge is 0.0469 e. The average Bonchev–Trinajstić information content (AvgIpc) is 2.45. The molecule has 1 aliphatic heterocycles. The highest BCUT2D eigenvalue weighted by Gasteiger charge is 2.11. The number of hydrogen-bond acceptors (Lipinski definition) is 2. The van der Waals surface area contributed by atoms with Gasteiger partial charge < -0.3 is 10.1 Å². The second kappa shape index (κ2) is 10.2. The van der Waals surface area contributed by atoms with Crippen molar-refractivity contribution in [2.24, 2.45) is 5.92 Å². The van der Waals surface area contributed by atoms with Gasteiger partial charge >= 0.3 is 0 Å². The van der Waals surface area contributed by atoms with E-state index in [1.807, 2.05) is 0 Å². The van der Waals surface area contributed by atoms with E-state index in [1.165, 1.54) is 37.9 Å². The highest BCUT2D eigenvalue weighted by Crippen LogP contribution is 2.13. The summed E-state index contributed by atoms with van der Waals surface area (Å²) in [5, 5.41) is 3.45. The first-order valence-corrected chi connectivity index (χ1v) is 7.27. The summed E-state index contributed by atoms with van der Waals surface area (Å²) in [4.78, 5) is 0. The third kappa shape index (κ3) is 6.95. The van der Waals surface area contributed by atoms with E-state index >= 15 is 0 Å². The Labute approximate surface area is 123 Å². The highest BCUT2D eigenvalue weighted by molar-refractivity contribution is 5.85. The normalized spacial score (nSPS) is 18.8. The fourth-order valence-corrected chi connectivity index (χ4v) is 2.55. The Kier molecular flexibility index (Phi) is 8.89. The molecular weight excluding hydrogens is 258 g/mol. The van der Waals surface area contributed by atoms with Crippen molar-refractivity contribution in [3.8, 4) is 0 Å². The average molecular weight is 284 g/mol. The fourth-order valence-electron chi connectivity index (χ4n) is 2.55. The van der Waals surface area contributed by atoms with Crippen LogP contribution in [0.4, 0.5) is 0 Å². The molecule has 1 aromatic carbocycles. The van der Waals surface area contributed by atoms with Crippen molar-refractivity contribution >= 4 is 12.4 Å². The zero-order chi connectivity index (χ0) is 12.5. The van der Waals surface area contributed by atoms with E-state index in [-0.39, 0.29) is 12.4 Å². The quantitative estimate of drug-likeness (QED) is 0.774. The monoisotopic (exact) mass is 283 g/mol. The van der Waals surface area contributed by atoms with Crippen LogP contribution in [0.3, 0.4) is 0 Å². The second-order valence-corrected chi connectivity index (χ2v) is 5.20. The molecule has 1 unspecified atom stereocenters. The molecule has 1 atom stereocenters. The van der Waals surface area contributed by atoms with Crippen LogP contribution in [0.25, 0.3) is 0 Å². The maximum Gasteiger partial charge on any atom is 0.0469 e. The van der Waals surface area contributed by atoms with Crippen LogP contribution in [0.2, 0.25) is 0 Å². The van der Waals surface area contributed by atoms with Crippen molar-refractivity contribution < 1.29 is 4.74 Å². The molecule has 0 amide bonds. The van der Waals surface area contributed by atoms with Crippen molar-refractivity contribution in [2.45, 2.75) is 32.1 Å². The van der Waals surface area contributed by atoms with Gasteiger partial charge in [-0.1, -0.05) is 30.3 Å². The summed E-state index contributed by atoms with van der Waals surface area (Å²) in [5.74, 6) is 0.841. The Morgan fingerprint density at radius 3 is 2.74 bits per heavy atom. The van der Waals surface area contributed by atoms with Gasteiger partial charge in [-0.15, -0.1) is 12.4 Å². The molecule has 0 saturated carbocycles. The van der Waals surface area contributed by atoms with Crippen molar-refractivity contribution in [1.82, 2.24) is 5.32 Å². The molecule has 0 aromatic heterocycles. The summed E-state index contributed by atoms with van der Waals surface area (Å²) in [6.45, 7) is 4.22. The Balaban J connectivity index is 0.00000180. The highest BCUT2D eigenvalue weighted by atomic mass is 35.5. The molecule has 1 saturated heterocycles. The summed E-state index contributed by atoms with van der Waals surface area (Å²) in [7, 11) is 0. The molecule has 108 valence electrons. The molecule has 1 heterocycles. The molecule has 2 rings (SSSR count). The minimum Gasteiger partial charge on any atom is -0.381 e. The van der Waals surface area contributed by atoms with Crippen LogP contribution in [-0.4, -0.2) is 26.3 Å². The second-order valence-electron chi connectivity index (χ2n) is 5.20. The molecule has 1 fully saturated rings. The number of aryl methyl sites for hydroxylation is 1. The molecule has 0 aliphatic carbocycles. The molecule has 1 N–H and O–H groups in total. The molecule has 3 heteroatoms. The van der Waals surface area contributed by atoms with Gasteiger partial charge in [0.15, 0.2) is 0 Å². The minimum atomic E-state index is 0. The zero-order valence-electron chi connectivity index (χ0n) is 11.6. The molecule has 0 radical (unpaired) electrons. The first kappa shape index (κ1) is 16.5. The molecule has 0 spiro atoms. The predicted molar refractivity (Wildman–Crippen MR) is 83.0 cm³/mol. The van der Waals surface area contributed by atoms with Crippen molar-refractivity contribution in [1.29, 1.82) is 0 Å². The van der Waals surface area contributed by atoms with E-state index in [4.69, 9.17) is 4.74 Å². The van der Waals surface area contributed by atoms with Gasteiger partial charge in [0.1, 0.15) is 0 Å². The molecule has 1 aromatic rings. The number of hydrogen-bond donors (Lipinski definition) is 1. The van der Waals surface area contributed by atoms with Crippen LogP contribution in [0, 0.1) is 5.92 Å². The standard InChI is InChI=1S/C16H25NO.ClH/c1-2-6-15(7-3-1)9-5-12-18-13-10-16-8-4-11-17-14-16;/h1-3,6-7,16-17H,4-5,8-14H2;1H. The Bertz CT molecular complexity index is 312. The molecule has 1 aliphatic rings. The lowest BCUT2D eigenvalue weighted by Crippen LogP contribution is -2.30. The van der Waals surface area contributed by atoms with Gasteiger partial charge in [0.05, 0.1) is 0 Å². The van der Waals surface area contributed by atoms with Gasteiger partial charge in [0.2, 0.25) is 0 Å². The van der Waals surface area contributed by atoms with Crippen LogP contribution in [0.5, 0.6) is 0 Å². The number of nitrogens with one attached hydrogen (secondary N) is 1. The van der Waals surface area contributed by atoms with Crippen LogP contribution in [-0.2, 0) is 11.2 Å². The van der Waals surface area contributed by atoms with E-state index in [9.17, 15) is 0 Å². The lowest BCUT2D eigenvalue weighted by molar-refractivity contribution is 0.114. The number of benzene rings is 1. The fraction of sp³-hybridized carbons (Fsp3) is 0.625. The zero-order valence-corrected chi connectivity index (χ0v) is 12.5. The van der Waals surface area contributed by atoms with E-state index < -0.39 is 0 Å². The van der Waals surface area contributed by atoms with Crippen molar-refractivity contribution in [3.63, 3.8) is 0 Å². The third-order valence-electron chi connectivity index (χ3n) is 3.67. The molecule has 2 nitrogen and oxygen atoms in total. The lowest BCUT2D eigenvalue weighted by Gasteiger charge is -2.22. The van der Waals surface area contributed by atoms with Crippen LogP contribution >= 0.6 is 12.4 Å². The summed E-state index contributed by atoms with van der Waals surface area (Å²) >= 11 is 0. The van der Waals surface area contributed by atoms with Crippen molar-refractivity contribution in [2.75, 3.05) is 26.3 Å². The Hall–Kier alpha value is -0.570. The largest absolute Gasteiger partial charge is 0.381 e. The molecular formula is C16H26ClNO. The molecule has 19 heavy (non-hydrogen) atoms. The first-order valence-electron chi connectivity index (χ1n) is 7.27. The van der Waals surface area contributed by atoms with E-state index in [1.54, 1.807) is 0 Å². The number of rotatable bonds is 7. The van der Waals surface area contributed by atoms with E-state index in [0.29, 0.717) is 0 Å². The summed E-state index contributed by atoms with van der Waals surface area (Å²) < 4.78 is 5.73. The Morgan fingerprint density at radius 1 is 1.16 bits per heavy atom. The summed E-state index contributed by atoms with van der Waals surface area (Å²) in [5.41, 5.74) is 1.41. The summed E-state index contributed by atoms with van der Waals surface area (Å²) in [6.07, 6.45) is 6.19. The van der Waals surface area contributed by atoms with Gasteiger partial charge in [0, 0.05) is 13.2 Å². The van der Waals surface area contributed by atoms with Crippen molar-refractivity contribution in [3.05, 3.63) is 35.9 Å². The lowest BCUT2D eigenvalue weighted by atomic mass is 9.97.